The number of halogens is 6. The van der Waals surface area contributed by atoms with E-state index in [4.69, 9.17) is 39.5 Å². The minimum atomic E-state index is -4.66. The normalized spacial score (nSPS) is 12.2. The van der Waals surface area contributed by atoms with E-state index in [9.17, 15) is 21.6 Å². The topological polar surface area (TPSA) is 68.3 Å². The Labute approximate surface area is 204 Å². The van der Waals surface area contributed by atoms with Gasteiger partial charge in [0, 0.05) is 16.1 Å². The molecule has 5 nitrogen and oxygen atoms in total. The van der Waals surface area contributed by atoms with Crippen LogP contribution in [0.25, 0.3) is 10.2 Å². The molecule has 0 spiro atoms. The molecule has 13 heteroatoms. The van der Waals surface area contributed by atoms with Crippen molar-refractivity contribution < 1.29 is 26.3 Å². The Balaban J connectivity index is 1.61. The highest BCUT2D eigenvalue weighted by molar-refractivity contribution is 7.92. The van der Waals surface area contributed by atoms with Crippen LogP contribution in [-0.4, -0.2) is 13.4 Å². The van der Waals surface area contributed by atoms with E-state index in [2.05, 4.69) is 9.71 Å². The molecule has 0 fully saturated rings. The standard InChI is InChI=1S/C20H10Cl3F3N2O3S2/c21-11-2-3-16-17(8-11)32-19(27-16)31-14-7-12(22)6-13(9-14)28-33(29,30)18-4-1-10(5-15(18)23)20(24,25)26/h1-9,28H. The van der Waals surface area contributed by atoms with E-state index in [0.29, 0.717) is 22.7 Å². The van der Waals surface area contributed by atoms with Crippen LogP contribution in [0.2, 0.25) is 15.1 Å². The molecule has 0 radical (unpaired) electrons. The maximum atomic E-state index is 12.8. The molecule has 3 aromatic carbocycles. The van der Waals surface area contributed by atoms with Gasteiger partial charge in [-0.25, -0.2) is 13.4 Å². The second kappa shape index (κ2) is 8.84. The quantitative estimate of drug-likeness (QED) is 0.273. The number of anilines is 1. The number of benzene rings is 3. The Kier molecular flexibility index (Phi) is 6.41. The van der Waals surface area contributed by atoms with E-state index >= 15 is 0 Å². The van der Waals surface area contributed by atoms with Crippen molar-refractivity contribution >= 4 is 72.1 Å². The minimum absolute atomic E-state index is 0.0117. The molecular weight excluding hydrogens is 544 g/mol. The summed E-state index contributed by atoms with van der Waals surface area (Å²) in [6.45, 7) is 0. The number of alkyl halides is 3. The third-order valence-corrected chi connectivity index (χ3v) is 7.42. The Hall–Kier alpha value is -2.24. The molecule has 0 amide bonds. The van der Waals surface area contributed by atoms with E-state index in [1.807, 2.05) is 0 Å². The maximum absolute atomic E-state index is 12.8. The molecule has 1 aromatic heterocycles. The zero-order chi connectivity index (χ0) is 24.0. The van der Waals surface area contributed by atoms with Gasteiger partial charge in [0.1, 0.15) is 10.6 Å². The van der Waals surface area contributed by atoms with Crippen LogP contribution in [-0.2, 0) is 16.2 Å². The molecule has 0 aliphatic carbocycles. The minimum Gasteiger partial charge on any atom is -0.431 e. The molecule has 0 atom stereocenters. The summed E-state index contributed by atoms with van der Waals surface area (Å²) in [4.78, 5) is 3.79. The predicted molar refractivity (Wildman–Crippen MR) is 123 cm³/mol. The number of sulfonamides is 1. The van der Waals surface area contributed by atoms with Crippen LogP contribution in [0.1, 0.15) is 5.56 Å². The highest BCUT2D eigenvalue weighted by atomic mass is 35.5. The van der Waals surface area contributed by atoms with Crippen molar-refractivity contribution in [3.63, 3.8) is 0 Å². The van der Waals surface area contributed by atoms with Crippen LogP contribution >= 0.6 is 46.1 Å². The summed E-state index contributed by atoms with van der Waals surface area (Å²) in [6.07, 6.45) is -4.66. The van der Waals surface area contributed by atoms with Crippen LogP contribution in [0.5, 0.6) is 10.9 Å². The lowest BCUT2D eigenvalue weighted by Gasteiger charge is -2.13. The molecule has 172 valence electrons. The molecule has 0 saturated carbocycles. The van der Waals surface area contributed by atoms with Crippen molar-refractivity contribution in [1.29, 1.82) is 0 Å². The molecule has 0 saturated heterocycles. The number of hydrogen-bond acceptors (Lipinski definition) is 5. The number of nitrogens with zero attached hydrogens (tertiary/aromatic N) is 1. The SMILES string of the molecule is O=S(=O)(Nc1cc(Cl)cc(Oc2nc3ccc(Cl)cc3s2)c1)c1ccc(C(F)(F)F)cc1Cl. The first-order chi connectivity index (χ1) is 15.4. The summed E-state index contributed by atoms with van der Waals surface area (Å²) in [5.74, 6) is 0.184. The van der Waals surface area contributed by atoms with Crippen molar-refractivity contribution in [1.82, 2.24) is 4.98 Å². The van der Waals surface area contributed by atoms with Crippen molar-refractivity contribution in [2.75, 3.05) is 4.72 Å². The van der Waals surface area contributed by atoms with Gasteiger partial charge >= 0.3 is 6.18 Å². The fraction of sp³-hybridized carbons (Fsp3) is 0.0500. The highest BCUT2D eigenvalue weighted by Crippen LogP contribution is 2.36. The van der Waals surface area contributed by atoms with Gasteiger partial charge in [-0.15, -0.1) is 0 Å². The maximum Gasteiger partial charge on any atom is 0.416 e. The third kappa shape index (κ3) is 5.47. The van der Waals surface area contributed by atoms with Gasteiger partial charge < -0.3 is 4.74 Å². The number of nitrogens with one attached hydrogen (secondary N) is 1. The van der Waals surface area contributed by atoms with Gasteiger partial charge in [-0.1, -0.05) is 46.1 Å². The number of hydrogen-bond donors (Lipinski definition) is 1. The fourth-order valence-corrected chi connectivity index (χ4v) is 5.73. The van der Waals surface area contributed by atoms with Crippen LogP contribution in [0.4, 0.5) is 18.9 Å². The molecule has 4 aromatic rings. The molecular formula is C20H10Cl3F3N2O3S2. The molecule has 0 unspecified atom stereocenters. The number of thiazole rings is 1. The zero-order valence-corrected chi connectivity index (χ0v) is 19.9. The Morgan fingerprint density at radius 3 is 2.39 bits per heavy atom. The molecule has 4 rings (SSSR count). The first-order valence-corrected chi connectivity index (χ1v) is 12.3. The van der Waals surface area contributed by atoms with Crippen molar-refractivity contribution in [2.24, 2.45) is 0 Å². The first-order valence-electron chi connectivity index (χ1n) is 8.85. The largest absolute Gasteiger partial charge is 0.431 e. The molecule has 0 aliphatic heterocycles. The van der Waals surface area contributed by atoms with Gasteiger partial charge in [-0.05, 0) is 48.5 Å². The predicted octanol–water partition coefficient (Wildman–Crippen LogP) is 7.87. The van der Waals surface area contributed by atoms with E-state index in [1.165, 1.54) is 29.5 Å². The average Bonchev–Trinajstić information content (AvgIpc) is 3.07. The second-order valence-corrected chi connectivity index (χ2v) is 10.5. The second-order valence-electron chi connectivity index (χ2n) is 6.62. The van der Waals surface area contributed by atoms with Crippen LogP contribution in [0, 0.1) is 0 Å². The summed E-state index contributed by atoms with van der Waals surface area (Å²) in [6, 6.07) is 11.2. The van der Waals surface area contributed by atoms with Crippen molar-refractivity contribution in [3.05, 3.63) is 75.2 Å². The molecule has 0 bridgehead atoms. The van der Waals surface area contributed by atoms with Gasteiger partial charge in [0.05, 0.1) is 26.5 Å². The zero-order valence-electron chi connectivity index (χ0n) is 16.0. The van der Waals surface area contributed by atoms with Gasteiger partial charge in [0.25, 0.3) is 15.2 Å². The lowest BCUT2D eigenvalue weighted by Crippen LogP contribution is -2.14. The number of fused-ring (bicyclic) bond motifs is 1. The van der Waals surface area contributed by atoms with Gasteiger partial charge in [0.15, 0.2) is 0 Å². The Bertz CT molecular complexity index is 1470. The van der Waals surface area contributed by atoms with Gasteiger partial charge in [-0.3, -0.25) is 4.72 Å². The lowest BCUT2D eigenvalue weighted by atomic mass is 10.2. The lowest BCUT2D eigenvalue weighted by molar-refractivity contribution is -0.137. The van der Waals surface area contributed by atoms with E-state index in [1.54, 1.807) is 18.2 Å². The fourth-order valence-electron chi connectivity index (χ4n) is 2.81. The first kappa shape index (κ1) is 23.9. The molecule has 0 aliphatic rings. The summed E-state index contributed by atoms with van der Waals surface area (Å²) in [5, 5.41) is 0.380. The van der Waals surface area contributed by atoms with Crippen LogP contribution in [0.3, 0.4) is 0 Å². The van der Waals surface area contributed by atoms with Crippen molar-refractivity contribution in [2.45, 2.75) is 11.1 Å². The summed E-state index contributed by atoms with van der Waals surface area (Å²) in [7, 11) is -4.33. The summed E-state index contributed by atoms with van der Waals surface area (Å²) < 4.78 is 72.7. The summed E-state index contributed by atoms with van der Waals surface area (Å²) in [5.41, 5.74) is -0.390. The van der Waals surface area contributed by atoms with Gasteiger partial charge in [0.2, 0.25) is 0 Å². The third-order valence-electron chi connectivity index (χ3n) is 4.21. The smallest absolute Gasteiger partial charge is 0.416 e. The molecule has 1 heterocycles. The average molecular weight is 554 g/mol. The van der Waals surface area contributed by atoms with E-state index < -0.39 is 31.7 Å². The highest BCUT2D eigenvalue weighted by Gasteiger charge is 2.32. The van der Waals surface area contributed by atoms with Crippen molar-refractivity contribution in [3.8, 4) is 10.9 Å². The number of ether oxygens (including phenoxy) is 1. The molecule has 1 N–H and O–H groups in total. The van der Waals surface area contributed by atoms with Gasteiger partial charge in [-0.2, -0.15) is 13.2 Å². The van der Waals surface area contributed by atoms with Crippen LogP contribution in [0.15, 0.2) is 59.5 Å². The van der Waals surface area contributed by atoms with Crippen LogP contribution < -0.4 is 9.46 Å². The summed E-state index contributed by atoms with van der Waals surface area (Å²) >= 11 is 19.1. The monoisotopic (exact) mass is 552 g/mol. The number of aromatic nitrogens is 1. The van der Waals surface area contributed by atoms with E-state index in [0.717, 1.165) is 10.8 Å². The molecule has 33 heavy (non-hydrogen) atoms. The van der Waals surface area contributed by atoms with E-state index in [-0.39, 0.29) is 21.7 Å². The Morgan fingerprint density at radius 2 is 1.70 bits per heavy atom. The number of rotatable bonds is 5. The Morgan fingerprint density at radius 1 is 0.939 bits per heavy atom.